The van der Waals surface area contributed by atoms with Gasteiger partial charge in [0.05, 0.1) is 13.2 Å². The normalized spacial score (nSPS) is 12.9. The van der Waals surface area contributed by atoms with Gasteiger partial charge in [0.15, 0.2) is 0 Å². The minimum Gasteiger partial charge on any atom is -0.496 e. The van der Waals surface area contributed by atoms with E-state index in [1.54, 1.807) is 7.11 Å². The molecule has 1 atom stereocenters. The van der Waals surface area contributed by atoms with E-state index in [1.165, 1.54) is 0 Å². The first-order valence-corrected chi connectivity index (χ1v) is 6.38. The highest BCUT2D eigenvalue weighted by Crippen LogP contribution is 2.32. The molecule has 0 bridgehead atoms. The maximum atomic E-state index is 10.4. The Morgan fingerprint density at radius 3 is 1.94 bits per heavy atom. The van der Waals surface area contributed by atoms with Gasteiger partial charge < -0.3 is 9.84 Å². The van der Waals surface area contributed by atoms with Gasteiger partial charge in [-0.15, -0.1) is 0 Å². The zero-order chi connectivity index (χ0) is 13.0. The molecule has 0 aliphatic heterocycles. The lowest BCUT2D eigenvalue weighted by molar-refractivity contribution is 0.103. The van der Waals surface area contributed by atoms with Crippen LogP contribution in [0.5, 0.6) is 5.75 Å². The molecule has 0 aliphatic rings. The van der Waals surface area contributed by atoms with E-state index < -0.39 is 0 Å². The molecule has 0 amide bonds. The number of aryl methyl sites for hydroxylation is 2. The lowest BCUT2D eigenvalue weighted by atomic mass is 9.89. The van der Waals surface area contributed by atoms with Crippen LogP contribution in [0.25, 0.3) is 0 Å². The average molecular weight is 236 g/mol. The second-order valence-electron chi connectivity index (χ2n) is 4.71. The first-order chi connectivity index (χ1) is 8.04. The number of aliphatic hydroxyl groups excluding tert-OH is 1. The van der Waals surface area contributed by atoms with Crippen molar-refractivity contribution in [3.63, 3.8) is 0 Å². The van der Waals surface area contributed by atoms with Crippen molar-refractivity contribution >= 4 is 0 Å². The molecule has 0 saturated heterocycles. The molecule has 96 valence electrons. The maximum absolute atomic E-state index is 10.4. The summed E-state index contributed by atoms with van der Waals surface area (Å²) in [4.78, 5) is 0. The van der Waals surface area contributed by atoms with Gasteiger partial charge in [0.25, 0.3) is 0 Å². The minimum atomic E-state index is -0.367. The Morgan fingerprint density at radius 1 is 1.12 bits per heavy atom. The highest BCUT2D eigenvalue weighted by Gasteiger charge is 2.19. The van der Waals surface area contributed by atoms with Crippen molar-refractivity contribution in [3.05, 3.63) is 28.8 Å². The molecular weight excluding hydrogens is 212 g/mol. The van der Waals surface area contributed by atoms with E-state index in [0.717, 1.165) is 35.3 Å². The molecule has 0 aromatic heterocycles. The number of ether oxygens (including phenoxy) is 1. The van der Waals surface area contributed by atoms with Gasteiger partial charge in [-0.3, -0.25) is 0 Å². The zero-order valence-corrected chi connectivity index (χ0v) is 11.6. The Bertz CT molecular complexity index is 344. The average Bonchev–Trinajstić information content (AvgIpc) is 2.30. The SMILES string of the molecule is CCC(CC)C(O)c1cc(C)c(OC)c(C)c1. The standard InChI is InChI=1S/C15H24O2/c1-6-12(7-2)14(16)13-8-10(3)15(17-5)11(4)9-13/h8-9,12,14,16H,6-7H2,1-5H3. The summed E-state index contributed by atoms with van der Waals surface area (Å²) in [6, 6.07) is 4.07. The van der Waals surface area contributed by atoms with Gasteiger partial charge in [-0.2, -0.15) is 0 Å². The molecule has 1 N–H and O–H groups in total. The number of hydrogen-bond acceptors (Lipinski definition) is 2. The van der Waals surface area contributed by atoms with Crippen molar-refractivity contribution in [1.82, 2.24) is 0 Å². The second kappa shape index (κ2) is 6.06. The monoisotopic (exact) mass is 236 g/mol. The van der Waals surface area contributed by atoms with Gasteiger partial charge in [-0.25, -0.2) is 0 Å². The Labute approximate surface area is 105 Å². The van der Waals surface area contributed by atoms with Crippen LogP contribution in [0.15, 0.2) is 12.1 Å². The predicted molar refractivity (Wildman–Crippen MR) is 71.5 cm³/mol. The van der Waals surface area contributed by atoms with Crippen LogP contribution in [0.1, 0.15) is 49.5 Å². The Hall–Kier alpha value is -1.02. The van der Waals surface area contributed by atoms with Crippen LogP contribution in [0.2, 0.25) is 0 Å². The van der Waals surface area contributed by atoms with Crippen LogP contribution in [0.3, 0.4) is 0 Å². The smallest absolute Gasteiger partial charge is 0.124 e. The molecule has 17 heavy (non-hydrogen) atoms. The molecule has 1 rings (SSSR count). The third-order valence-corrected chi connectivity index (χ3v) is 3.52. The maximum Gasteiger partial charge on any atom is 0.124 e. The van der Waals surface area contributed by atoms with Crippen LogP contribution in [-0.4, -0.2) is 12.2 Å². The van der Waals surface area contributed by atoms with E-state index in [-0.39, 0.29) is 6.10 Å². The Balaban J connectivity index is 3.07. The lowest BCUT2D eigenvalue weighted by Gasteiger charge is -2.22. The highest BCUT2D eigenvalue weighted by atomic mass is 16.5. The van der Waals surface area contributed by atoms with E-state index in [0.29, 0.717) is 5.92 Å². The molecular formula is C15H24O2. The molecule has 0 radical (unpaired) electrons. The number of benzene rings is 1. The van der Waals surface area contributed by atoms with E-state index >= 15 is 0 Å². The quantitative estimate of drug-likeness (QED) is 0.843. The van der Waals surface area contributed by atoms with Gasteiger partial charge in [-0.05, 0) is 48.6 Å². The molecule has 0 heterocycles. The summed E-state index contributed by atoms with van der Waals surface area (Å²) in [5.74, 6) is 1.26. The fourth-order valence-electron chi connectivity index (χ4n) is 2.48. The third-order valence-electron chi connectivity index (χ3n) is 3.52. The lowest BCUT2D eigenvalue weighted by Crippen LogP contribution is -2.11. The summed E-state index contributed by atoms with van der Waals surface area (Å²) >= 11 is 0. The van der Waals surface area contributed by atoms with Crippen molar-refractivity contribution in [1.29, 1.82) is 0 Å². The summed E-state index contributed by atoms with van der Waals surface area (Å²) in [6.07, 6.45) is 1.64. The van der Waals surface area contributed by atoms with Gasteiger partial charge in [0, 0.05) is 0 Å². The summed E-state index contributed by atoms with van der Waals surface area (Å²) < 4.78 is 5.34. The van der Waals surface area contributed by atoms with Crippen molar-refractivity contribution in [3.8, 4) is 5.75 Å². The van der Waals surface area contributed by atoms with E-state index in [1.807, 2.05) is 26.0 Å². The van der Waals surface area contributed by atoms with Crippen LogP contribution in [0.4, 0.5) is 0 Å². The topological polar surface area (TPSA) is 29.5 Å². The molecule has 2 nitrogen and oxygen atoms in total. The van der Waals surface area contributed by atoms with Crippen LogP contribution >= 0.6 is 0 Å². The van der Waals surface area contributed by atoms with Crippen molar-refractivity contribution in [2.45, 2.75) is 46.6 Å². The number of rotatable bonds is 5. The van der Waals surface area contributed by atoms with Gasteiger partial charge in [-0.1, -0.05) is 26.7 Å². The fourth-order valence-corrected chi connectivity index (χ4v) is 2.48. The predicted octanol–water partition coefficient (Wildman–Crippen LogP) is 3.78. The molecule has 0 aliphatic carbocycles. The Kier molecular flexibility index (Phi) is 5.01. The Morgan fingerprint density at radius 2 is 1.59 bits per heavy atom. The zero-order valence-electron chi connectivity index (χ0n) is 11.6. The first kappa shape index (κ1) is 14.0. The third kappa shape index (κ3) is 3.01. The van der Waals surface area contributed by atoms with Crippen LogP contribution in [0, 0.1) is 19.8 Å². The summed E-state index contributed by atoms with van der Waals surface area (Å²) in [7, 11) is 1.69. The van der Waals surface area contributed by atoms with Gasteiger partial charge >= 0.3 is 0 Å². The molecule has 0 saturated carbocycles. The largest absolute Gasteiger partial charge is 0.496 e. The number of aliphatic hydroxyl groups is 1. The molecule has 0 spiro atoms. The molecule has 1 aromatic carbocycles. The van der Waals surface area contributed by atoms with Gasteiger partial charge in [0.2, 0.25) is 0 Å². The molecule has 1 aromatic rings. The summed E-state index contributed by atoms with van der Waals surface area (Å²) in [6.45, 7) is 8.30. The van der Waals surface area contributed by atoms with Crippen LogP contribution < -0.4 is 4.74 Å². The fraction of sp³-hybridized carbons (Fsp3) is 0.600. The first-order valence-electron chi connectivity index (χ1n) is 6.38. The van der Waals surface area contributed by atoms with Crippen molar-refractivity contribution in [2.75, 3.05) is 7.11 Å². The van der Waals surface area contributed by atoms with Crippen molar-refractivity contribution < 1.29 is 9.84 Å². The van der Waals surface area contributed by atoms with Gasteiger partial charge in [0.1, 0.15) is 5.75 Å². The summed E-state index contributed by atoms with van der Waals surface area (Å²) in [5.41, 5.74) is 3.19. The summed E-state index contributed by atoms with van der Waals surface area (Å²) in [5, 5.41) is 10.4. The minimum absolute atomic E-state index is 0.335. The van der Waals surface area contributed by atoms with E-state index in [4.69, 9.17) is 4.74 Å². The van der Waals surface area contributed by atoms with Crippen LogP contribution in [-0.2, 0) is 0 Å². The molecule has 2 heteroatoms. The highest BCUT2D eigenvalue weighted by molar-refractivity contribution is 5.44. The van der Waals surface area contributed by atoms with E-state index in [9.17, 15) is 5.11 Å². The number of hydrogen-bond donors (Lipinski definition) is 1. The molecule has 0 fully saturated rings. The van der Waals surface area contributed by atoms with E-state index in [2.05, 4.69) is 13.8 Å². The molecule has 1 unspecified atom stereocenters. The number of methoxy groups -OCH3 is 1. The van der Waals surface area contributed by atoms with Crippen molar-refractivity contribution in [2.24, 2.45) is 5.92 Å². The second-order valence-corrected chi connectivity index (χ2v) is 4.71.